The molecule has 0 aliphatic heterocycles. The summed E-state index contributed by atoms with van der Waals surface area (Å²) in [5, 5.41) is 4.02. The van der Waals surface area contributed by atoms with Crippen molar-refractivity contribution in [3.05, 3.63) is 64.1 Å². The number of hydrogen-bond donors (Lipinski definition) is 1. The maximum atomic E-state index is 12.7. The van der Waals surface area contributed by atoms with Crippen molar-refractivity contribution in [2.45, 2.75) is 25.7 Å². The first-order chi connectivity index (χ1) is 11.2. The normalized spacial score (nSPS) is 14.2. The van der Waals surface area contributed by atoms with E-state index in [-0.39, 0.29) is 5.69 Å². The van der Waals surface area contributed by atoms with E-state index in [1.807, 2.05) is 31.2 Å². The molecule has 4 heteroatoms. The molecule has 3 aromatic rings. The molecule has 23 heavy (non-hydrogen) atoms. The van der Waals surface area contributed by atoms with Crippen LogP contribution in [-0.2, 0) is 0 Å². The predicted molar refractivity (Wildman–Crippen MR) is 93.6 cm³/mol. The number of nitrogens with one attached hydrogen (secondary N) is 1. The predicted octanol–water partition coefficient (Wildman–Crippen LogP) is 3.61. The van der Waals surface area contributed by atoms with Gasteiger partial charge in [0, 0.05) is 12.4 Å². The topological polar surface area (TPSA) is 46.9 Å². The highest BCUT2D eigenvalue weighted by atomic mass is 16.1. The lowest BCUT2D eigenvalue weighted by molar-refractivity contribution is 0.949. The third kappa shape index (κ3) is 2.31. The number of aryl methyl sites for hydroxylation is 1. The second-order valence-electron chi connectivity index (χ2n) is 6.17. The lowest BCUT2D eigenvalue weighted by Crippen LogP contribution is -2.23. The minimum absolute atomic E-state index is 0.246. The Balaban J connectivity index is 2.09. The second kappa shape index (κ2) is 5.23. The number of aromatic nitrogens is 2. The second-order valence-corrected chi connectivity index (χ2v) is 6.17. The van der Waals surface area contributed by atoms with Gasteiger partial charge in [0.05, 0.1) is 11.2 Å². The number of fused-ring (bicyclic) bond motifs is 1. The summed E-state index contributed by atoms with van der Waals surface area (Å²) in [6, 6.07) is 14.3. The fraction of sp³-hybridized carbons (Fsp3) is 0.263. The highest BCUT2D eigenvalue weighted by Gasteiger charge is 2.24. The maximum Gasteiger partial charge on any atom is 0.354 e. The van der Waals surface area contributed by atoms with Crippen molar-refractivity contribution < 1.29 is 0 Å². The number of rotatable bonds is 3. The largest absolute Gasteiger partial charge is 0.372 e. The summed E-state index contributed by atoms with van der Waals surface area (Å²) in [6.07, 6.45) is 2.48. The van der Waals surface area contributed by atoms with Crippen molar-refractivity contribution in [3.8, 4) is 5.69 Å². The molecule has 4 nitrogen and oxygen atoms in total. The van der Waals surface area contributed by atoms with Crippen LogP contribution < -0.4 is 11.0 Å². The van der Waals surface area contributed by atoms with Crippen molar-refractivity contribution in [3.63, 3.8) is 0 Å². The Kier molecular flexibility index (Phi) is 3.18. The van der Waals surface area contributed by atoms with Gasteiger partial charge in [-0.25, -0.2) is 4.79 Å². The van der Waals surface area contributed by atoms with E-state index in [2.05, 4.69) is 28.5 Å². The molecule has 0 radical (unpaired) electrons. The zero-order valence-electron chi connectivity index (χ0n) is 13.3. The van der Waals surface area contributed by atoms with E-state index in [4.69, 9.17) is 0 Å². The van der Waals surface area contributed by atoms with Crippen LogP contribution in [0.15, 0.2) is 47.3 Å². The van der Waals surface area contributed by atoms with Gasteiger partial charge in [0.1, 0.15) is 5.82 Å². The summed E-state index contributed by atoms with van der Waals surface area (Å²) >= 11 is 0. The van der Waals surface area contributed by atoms with Crippen LogP contribution in [0.3, 0.4) is 0 Å². The highest BCUT2D eigenvalue weighted by Crippen LogP contribution is 2.41. The smallest absolute Gasteiger partial charge is 0.354 e. The summed E-state index contributed by atoms with van der Waals surface area (Å²) in [5.41, 5.74) is 3.95. The Morgan fingerprint density at radius 3 is 2.65 bits per heavy atom. The molecule has 0 atom stereocenters. The molecule has 0 unspecified atom stereocenters. The molecule has 0 saturated heterocycles. The van der Waals surface area contributed by atoms with Gasteiger partial charge in [0.15, 0.2) is 0 Å². The number of para-hydroxylation sites is 1. The van der Waals surface area contributed by atoms with E-state index < -0.39 is 0 Å². The van der Waals surface area contributed by atoms with Gasteiger partial charge in [0.25, 0.3) is 0 Å². The summed E-state index contributed by atoms with van der Waals surface area (Å²) < 4.78 is 1.73. The highest BCUT2D eigenvalue weighted by molar-refractivity contribution is 5.91. The van der Waals surface area contributed by atoms with Crippen molar-refractivity contribution >= 4 is 16.7 Å². The van der Waals surface area contributed by atoms with E-state index in [1.165, 1.54) is 18.4 Å². The minimum atomic E-state index is -0.246. The van der Waals surface area contributed by atoms with Crippen LogP contribution in [0.5, 0.6) is 0 Å². The minimum Gasteiger partial charge on any atom is -0.372 e. The van der Waals surface area contributed by atoms with E-state index in [1.54, 1.807) is 11.6 Å². The molecule has 1 aromatic heterocycles. The standard InChI is InChI=1S/C19H19N3O/c1-12-5-3-4-6-16(12)22-17-11-14(13-7-8-13)9-10-15(17)18(20-2)21-19(22)23/h3-6,9-11,13H,7-8H2,1-2H3,(H,20,21,23). The Morgan fingerprint density at radius 1 is 1.17 bits per heavy atom. The van der Waals surface area contributed by atoms with Crippen molar-refractivity contribution in [2.75, 3.05) is 12.4 Å². The van der Waals surface area contributed by atoms with Crippen molar-refractivity contribution in [1.29, 1.82) is 0 Å². The van der Waals surface area contributed by atoms with Gasteiger partial charge >= 0.3 is 5.69 Å². The van der Waals surface area contributed by atoms with Crippen LogP contribution in [0, 0.1) is 6.92 Å². The van der Waals surface area contributed by atoms with Crippen LogP contribution >= 0.6 is 0 Å². The van der Waals surface area contributed by atoms with Gasteiger partial charge < -0.3 is 5.32 Å². The Morgan fingerprint density at radius 2 is 1.96 bits per heavy atom. The average molecular weight is 305 g/mol. The molecule has 1 saturated carbocycles. The molecule has 1 aliphatic rings. The fourth-order valence-electron chi connectivity index (χ4n) is 3.15. The molecule has 0 amide bonds. The molecule has 1 heterocycles. The van der Waals surface area contributed by atoms with Crippen LogP contribution in [0.2, 0.25) is 0 Å². The monoisotopic (exact) mass is 305 g/mol. The lowest BCUT2D eigenvalue weighted by atomic mass is 10.1. The molecular formula is C19H19N3O. The summed E-state index contributed by atoms with van der Waals surface area (Å²) in [7, 11) is 1.80. The van der Waals surface area contributed by atoms with E-state index in [0.717, 1.165) is 22.2 Å². The maximum absolute atomic E-state index is 12.7. The molecular weight excluding hydrogens is 286 g/mol. The number of hydrogen-bond acceptors (Lipinski definition) is 3. The first-order valence-electron chi connectivity index (χ1n) is 7.99. The van der Waals surface area contributed by atoms with Crippen molar-refractivity contribution in [2.24, 2.45) is 0 Å². The number of benzene rings is 2. The van der Waals surface area contributed by atoms with Crippen LogP contribution in [0.25, 0.3) is 16.6 Å². The van der Waals surface area contributed by atoms with E-state index in [0.29, 0.717) is 11.7 Å². The quantitative estimate of drug-likeness (QED) is 0.804. The molecule has 2 aromatic carbocycles. The van der Waals surface area contributed by atoms with Gasteiger partial charge in [-0.15, -0.1) is 0 Å². The third-order valence-electron chi connectivity index (χ3n) is 4.56. The van der Waals surface area contributed by atoms with Crippen LogP contribution in [0.1, 0.15) is 29.9 Å². The molecule has 0 spiro atoms. The number of nitrogens with zero attached hydrogens (tertiary/aromatic N) is 2. The van der Waals surface area contributed by atoms with Crippen LogP contribution in [-0.4, -0.2) is 16.6 Å². The molecule has 0 bridgehead atoms. The van der Waals surface area contributed by atoms with Crippen LogP contribution in [0.4, 0.5) is 5.82 Å². The average Bonchev–Trinajstić information content (AvgIpc) is 3.40. The van der Waals surface area contributed by atoms with Gasteiger partial charge in [0.2, 0.25) is 0 Å². The molecule has 1 aliphatic carbocycles. The SMILES string of the molecule is CNc1nc(=O)n(-c2ccccc2C)c2cc(C3CC3)ccc12. The zero-order valence-corrected chi connectivity index (χ0v) is 13.3. The molecule has 116 valence electrons. The third-order valence-corrected chi connectivity index (χ3v) is 4.56. The zero-order chi connectivity index (χ0) is 16.0. The summed E-state index contributed by atoms with van der Waals surface area (Å²) in [6.45, 7) is 2.02. The van der Waals surface area contributed by atoms with Gasteiger partial charge in [-0.1, -0.05) is 24.3 Å². The van der Waals surface area contributed by atoms with Gasteiger partial charge in [-0.05, 0) is 55.0 Å². The summed E-state index contributed by atoms with van der Waals surface area (Å²) in [5.74, 6) is 1.28. The first-order valence-corrected chi connectivity index (χ1v) is 7.99. The lowest BCUT2D eigenvalue weighted by Gasteiger charge is -2.15. The summed E-state index contributed by atoms with van der Waals surface area (Å²) in [4.78, 5) is 16.9. The molecule has 1 N–H and O–H groups in total. The van der Waals surface area contributed by atoms with Crippen molar-refractivity contribution in [1.82, 2.24) is 9.55 Å². The van der Waals surface area contributed by atoms with Gasteiger partial charge in [-0.3, -0.25) is 4.57 Å². The van der Waals surface area contributed by atoms with Gasteiger partial charge in [-0.2, -0.15) is 4.98 Å². The fourth-order valence-corrected chi connectivity index (χ4v) is 3.15. The Hall–Kier alpha value is -2.62. The number of anilines is 1. The van der Waals surface area contributed by atoms with E-state index in [9.17, 15) is 4.79 Å². The molecule has 1 fully saturated rings. The first kappa shape index (κ1) is 14.0. The molecule has 4 rings (SSSR count). The Bertz CT molecular complexity index is 954. The Labute approximate surface area is 134 Å². The van der Waals surface area contributed by atoms with E-state index >= 15 is 0 Å².